The average molecular weight is 242 g/mol. The summed E-state index contributed by atoms with van der Waals surface area (Å²) in [5, 5.41) is 0. The van der Waals surface area contributed by atoms with E-state index in [-0.39, 0.29) is 5.91 Å². The molecule has 0 spiro atoms. The normalized spacial score (nSPS) is 19.9. The van der Waals surface area contributed by atoms with Gasteiger partial charge in [-0.25, -0.2) is 0 Å². The summed E-state index contributed by atoms with van der Waals surface area (Å²) in [7, 11) is 0. The van der Waals surface area contributed by atoms with Gasteiger partial charge in [0, 0.05) is 19.2 Å². The molecule has 1 aliphatic rings. The van der Waals surface area contributed by atoms with Crippen LogP contribution in [0, 0.1) is 0 Å². The number of rotatable bonds is 8. The Balaban J connectivity index is 2.24. The van der Waals surface area contributed by atoms with Gasteiger partial charge in [0.15, 0.2) is 0 Å². The molecule has 1 saturated heterocycles. The zero-order valence-corrected chi connectivity index (χ0v) is 11.0. The second-order valence-corrected chi connectivity index (χ2v) is 4.68. The van der Waals surface area contributed by atoms with Crippen molar-refractivity contribution in [2.45, 2.75) is 51.5 Å². The number of amides is 1. The van der Waals surface area contributed by atoms with Crippen LogP contribution in [0.1, 0.15) is 45.4 Å². The van der Waals surface area contributed by atoms with Crippen LogP contribution in [0.3, 0.4) is 0 Å². The van der Waals surface area contributed by atoms with E-state index in [1.54, 1.807) is 0 Å². The van der Waals surface area contributed by atoms with Crippen molar-refractivity contribution in [1.82, 2.24) is 4.90 Å². The zero-order chi connectivity index (χ0) is 12.5. The van der Waals surface area contributed by atoms with Crippen molar-refractivity contribution in [1.29, 1.82) is 0 Å². The van der Waals surface area contributed by atoms with Crippen molar-refractivity contribution in [3.05, 3.63) is 0 Å². The molecule has 1 fully saturated rings. The quantitative estimate of drug-likeness (QED) is 0.657. The van der Waals surface area contributed by atoms with E-state index in [4.69, 9.17) is 10.5 Å². The highest BCUT2D eigenvalue weighted by atomic mass is 16.5. The van der Waals surface area contributed by atoms with Gasteiger partial charge in [-0.05, 0) is 38.6 Å². The molecule has 0 aromatic carbocycles. The standard InChI is InChI=1S/C13H26N2O2/c1-2-10-17-11-7-13(16)15-9-4-6-12(15)5-3-8-14/h12H,2-11,14H2,1H3. The predicted octanol–water partition coefficient (Wildman–Crippen LogP) is 1.53. The van der Waals surface area contributed by atoms with Crippen LogP contribution in [-0.4, -0.2) is 43.2 Å². The fraction of sp³-hybridized carbons (Fsp3) is 0.923. The minimum Gasteiger partial charge on any atom is -0.381 e. The first-order valence-electron chi connectivity index (χ1n) is 6.86. The Hall–Kier alpha value is -0.610. The number of carbonyl (C=O) groups excluding carboxylic acids is 1. The zero-order valence-electron chi connectivity index (χ0n) is 11.0. The van der Waals surface area contributed by atoms with E-state index in [0.29, 0.717) is 19.1 Å². The molecule has 0 aromatic heterocycles. The highest BCUT2D eigenvalue weighted by Crippen LogP contribution is 2.21. The lowest BCUT2D eigenvalue weighted by molar-refractivity contribution is -0.133. The summed E-state index contributed by atoms with van der Waals surface area (Å²) < 4.78 is 5.36. The maximum absolute atomic E-state index is 12.0. The third-order valence-corrected chi connectivity index (χ3v) is 3.25. The molecule has 100 valence electrons. The first-order valence-corrected chi connectivity index (χ1v) is 6.86. The van der Waals surface area contributed by atoms with Crippen molar-refractivity contribution in [2.24, 2.45) is 5.73 Å². The molecule has 1 atom stereocenters. The van der Waals surface area contributed by atoms with E-state index >= 15 is 0 Å². The summed E-state index contributed by atoms with van der Waals surface area (Å²) in [4.78, 5) is 14.0. The summed E-state index contributed by atoms with van der Waals surface area (Å²) >= 11 is 0. The summed E-state index contributed by atoms with van der Waals surface area (Å²) in [5.74, 6) is 0.251. The minimum atomic E-state index is 0.251. The maximum atomic E-state index is 12.0. The summed E-state index contributed by atoms with van der Waals surface area (Å²) in [6.07, 6.45) is 5.88. The third kappa shape index (κ3) is 5.04. The van der Waals surface area contributed by atoms with Gasteiger partial charge in [-0.2, -0.15) is 0 Å². The summed E-state index contributed by atoms with van der Waals surface area (Å²) in [6, 6.07) is 0.428. The number of nitrogens with two attached hydrogens (primary N) is 1. The van der Waals surface area contributed by atoms with Gasteiger partial charge < -0.3 is 15.4 Å². The molecule has 1 heterocycles. The number of hydrogen-bond acceptors (Lipinski definition) is 3. The molecule has 0 aliphatic carbocycles. The van der Waals surface area contributed by atoms with E-state index in [0.717, 1.165) is 51.8 Å². The highest BCUT2D eigenvalue weighted by molar-refractivity contribution is 5.76. The second kappa shape index (κ2) is 8.48. The first kappa shape index (κ1) is 14.5. The summed E-state index contributed by atoms with van der Waals surface area (Å²) in [6.45, 7) is 5.03. The summed E-state index contributed by atoms with van der Waals surface area (Å²) in [5.41, 5.74) is 5.52. The topological polar surface area (TPSA) is 55.6 Å². The number of nitrogens with zero attached hydrogens (tertiary/aromatic N) is 1. The Labute approximate surface area is 104 Å². The molecule has 0 aromatic rings. The van der Waals surface area contributed by atoms with E-state index in [9.17, 15) is 4.79 Å². The SMILES string of the molecule is CCCOCCC(=O)N1CCCC1CCCN. The number of ether oxygens (including phenoxy) is 1. The Morgan fingerprint density at radius 2 is 2.29 bits per heavy atom. The lowest BCUT2D eigenvalue weighted by Gasteiger charge is -2.24. The molecule has 0 radical (unpaired) electrons. The Morgan fingerprint density at radius 3 is 3.00 bits per heavy atom. The molecule has 0 saturated carbocycles. The Kier molecular flexibility index (Phi) is 7.21. The molecular formula is C13H26N2O2. The number of carbonyl (C=O) groups is 1. The van der Waals surface area contributed by atoms with E-state index in [1.807, 2.05) is 4.90 Å². The molecule has 4 heteroatoms. The van der Waals surface area contributed by atoms with Gasteiger partial charge in [0.05, 0.1) is 13.0 Å². The fourth-order valence-electron chi connectivity index (χ4n) is 2.37. The van der Waals surface area contributed by atoms with Crippen LogP contribution in [0.25, 0.3) is 0 Å². The van der Waals surface area contributed by atoms with Crippen LogP contribution in [0.4, 0.5) is 0 Å². The van der Waals surface area contributed by atoms with Crippen molar-refractivity contribution in [3.8, 4) is 0 Å². The molecule has 17 heavy (non-hydrogen) atoms. The van der Waals surface area contributed by atoms with Gasteiger partial charge >= 0.3 is 0 Å². The van der Waals surface area contributed by atoms with Crippen LogP contribution < -0.4 is 5.73 Å². The lowest BCUT2D eigenvalue weighted by Crippen LogP contribution is -2.36. The van der Waals surface area contributed by atoms with Gasteiger partial charge in [0.1, 0.15) is 0 Å². The largest absolute Gasteiger partial charge is 0.381 e. The average Bonchev–Trinajstić information content (AvgIpc) is 2.80. The Bertz CT molecular complexity index is 221. The molecule has 0 bridgehead atoms. The fourth-order valence-corrected chi connectivity index (χ4v) is 2.37. The van der Waals surface area contributed by atoms with Crippen molar-refractivity contribution >= 4 is 5.91 Å². The van der Waals surface area contributed by atoms with Gasteiger partial charge in [0.2, 0.25) is 5.91 Å². The van der Waals surface area contributed by atoms with Crippen molar-refractivity contribution < 1.29 is 9.53 Å². The van der Waals surface area contributed by atoms with Crippen LogP contribution in [0.15, 0.2) is 0 Å². The smallest absolute Gasteiger partial charge is 0.225 e. The van der Waals surface area contributed by atoms with Gasteiger partial charge in [0.25, 0.3) is 0 Å². The van der Waals surface area contributed by atoms with Gasteiger partial charge in [-0.3, -0.25) is 4.79 Å². The van der Waals surface area contributed by atoms with Gasteiger partial charge in [-0.1, -0.05) is 6.92 Å². The van der Waals surface area contributed by atoms with Crippen molar-refractivity contribution in [2.75, 3.05) is 26.3 Å². The maximum Gasteiger partial charge on any atom is 0.225 e. The van der Waals surface area contributed by atoms with E-state index in [1.165, 1.54) is 0 Å². The molecule has 1 rings (SSSR count). The highest BCUT2D eigenvalue weighted by Gasteiger charge is 2.27. The van der Waals surface area contributed by atoms with Crippen LogP contribution in [-0.2, 0) is 9.53 Å². The van der Waals surface area contributed by atoms with Gasteiger partial charge in [-0.15, -0.1) is 0 Å². The van der Waals surface area contributed by atoms with Crippen LogP contribution in [0.5, 0.6) is 0 Å². The Morgan fingerprint density at radius 1 is 1.47 bits per heavy atom. The minimum absolute atomic E-state index is 0.251. The van der Waals surface area contributed by atoms with Crippen molar-refractivity contribution in [3.63, 3.8) is 0 Å². The first-order chi connectivity index (χ1) is 8.29. The predicted molar refractivity (Wildman–Crippen MR) is 68.8 cm³/mol. The lowest BCUT2D eigenvalue weighted by atomic mass is 10.1. The molecule has 1 amide bonds. The van der Waals surface area contributed by atoms with Crippen LogP contribution >= 0.6 is 0 Å². The number of hydrogen-bond donors (Lipinski definition) is 1. The second-order valence-electron chi connectivity index (χ2n) is 4.68. The molecule has 1 unspecified atom stereocenters. The molecular weight excluding hydrogens is 216 g/mol. The number of likely N-dealkylation sites (tertiary alicyclic amines) is 1. The van der Waals surface area contributed by atoms with E-state index in [2.05, 4.69) is 6.92 Å². The van der Waals surface area contributed by atoms with E-state index < -0.39 is 0 Å². The molecule has 1 aliphatic heterocycles. The third-order valence-electron chi connectivity index (χ3n) is 3.25. The molecule has 4 nitrogen and oxygen atoms in total. The van der Waals surface area contributed by atoms with Crippen LogP contribution in [0.2, 0.25) is 0 Å². The molecule has 2 N–H and O–H groups in total. The monoisotopic (exact) mass is 242 g/mol.